The second kappa shape index (κ2) is 6.33. The van der Waals surface area contributed by atoms with E-state index >= 15 is 0 Å². The van der Waals surface area contributed by atoms with Crippen molar-refractivity contribution in [3.05, 3.63) is 59.4 Å². The standard InChI is InChI=1S/C17H20N2O/c1-4-17(14(3)20)13(2)16-10-18-19(12-16)11-15-8-6-5-7-9-15/h5-10,12H,4,11H2,1-3H3. The van der Waals surface area contributed by atoms with Gasteiger partial charge in [-0.1, -0.05) is 37.3 Å². The van der Waals surface area contributed by atoms with Crippen molar-refractivity contribution in [2.75, 3.05) is 0 Å². The first-order valence-electron chi connectivity index (χ1n) is 6.89. The third kappa shape index (κ3) is 3.23. The molecule has 0 N–H and O–H groups in total. The first-order valence-corrected chi connectivity index (χ1v) is 6.89. The third-order valence-electron chi connectivity index (χ3n) is 3.48. The van der Waals surface area contributed by atoms with E-state index in [1.807, 2.05) is 49.1 Å². The molecule has 2 rings (SSSR count). The zero-order chi connectivity index (χ0) is 14.5. The molecule has 0 saturated carbocycles. The molecule has 1 aromatic carbocycles. The fraction of sp³-hybridized carbons (Fsp3) is 0.294. The zero-order valence-electron chi connectivity index (χ0n) is 12.3. The molecule has 0 aliphatic rings. The van der Waals surface area contributed by atoms with E-state index < -0.39 is 0 Å². The minimum absolute atomic E-state index is 0.140. The van der Waals surface area contributed by atoms with Gasteiger partial charge in [0.05, 0.1) is 12.7 Å². The van der Waals surface area contributed by atoms with Gasteiger partial charge in [-0.3, -0.25) is 9.48 Å². The van der Waals surface area contributed by atoms with Crippen LogP contribution < -0.4 is 0 Å². The minimum atomic E-state index is 0.140. The zero-order valence-corrected chi connectivity index (χ0v) is 12.3. The van der Waals surface area contributed by atoms with Crippen molar-refractivity contribution in [1.82, 2.24) is 9.78 Å². The SMILES string of the molecule is CCC(C(C)=O)=C(C)c1cnn(Cc2ccccc2)c1. The lowest BCUT2D eigenvalue weighted by molar-refractivity contribution is -0.113. The Morgan fingerprint density at radius 3 is 2.50 bits per heavy atom. The molecular formula is C17H20N2O. The Balaban J connectivity index is 2.23. The highest BCUT2D eigenvalue weighted by Gasteiger charge is 2.09. The summed E-state index contributed by atoms with van der Waals surface area (Å²) in [6.07, 6.45) is 4.59. The second-order valence-electron chi connectivity index (χ2n) is 4.93. The molecule has 0 atom stereocenters. The van der Waals surface area contributed by atoms with Gasteiger partial charge in [0.15, 0.2) is 5.78 Å². The van der Waals surface area contributed by atoms with E-state index in [0.29, 0.717) is 0 Å². The maximum Gasteiger partial charge on any atom is 0.156 e. The van der Waals surface area contributed by atoms with Crippen molar-refractivity contribution in [3.63, 3.8) is 0 Å². The quantitative estimate of drug-likeness (QED) is 0.775. The molecular weight excluding hydrogens is 248 g/mol. The fourth-order valence-corrected chi connectivity index (χ4v) is 2.37. The molecule has 1 heterocycles. The van der Waals surface area contributed by atoms with Crippen LogP contribution in [0.15, 0.2) is 48.3 Å². The van der Waals surface area contributed by atoms with Gasteiger partial charge in [-0.05, 0) is 37.0 Å². The normalized spacial score (nSPS) is 12.2. The molecule has 0 spiro atoms. The van der Waals surface area contributed by atoms with Crippen LogP contribution in [0.1, 0.15) is 38.3 Å². The molecule has 0 aliphatic heterocycles. The molecule has 0 radical (unpaired) electrons. The van der Waals surface area contributed by atoms with Crippen LogP contribution in [0.4, 0.5) is 0 Å². The van der Waals surface area contributed by atoms with Gasteiger partial charge in [-0.15, -0.1) is 0 Å². The summed E-state index contributed by atoms with van der Waals surface area (Å²) in [6.45, 7) is 6.37. The van der Waals surface area contributed by atoms with E-state index in [1.165, 1.54) is 5.56 Å². The lowest BCUT2D eigenvalue weighted by Gasteiger charge is -2.05. The number of rotatable bonds is 5. The number of Topliss-reactive ketones (excluding diaryl/α,β-unsaturated/α-hetero) is 1. The van der Waals surface area contributed by atoms with Gasteiger partial charge in [0, 0.05) is 11.8 Å². The summed E-state index contributed by atoms with van der Waals surface area (Å²) in [6, 6.07) is 10.2. The van der Waals surface area contributed by atoms with Crippen LogP contribution in [0.5, 0.6) is 0 Å². The van der Waals surface area contributed by atoms with E-state index in [1.54, 1.807) is 6.92 Å². The number of allylic oxidation sites excluding steroid dienone is 2. The lowest BCUT2D eigenvalue weighted by atomic mass is 10.00. The monoisotopic (exact) mass is 268 g/mol. The predicted molar refractivity (Wildman–Crippen MR) is 81.3 cm³/mol. The fourth-order valence-electron chi connectivity index (χ4n) is 2.37. The number of carbonyl (C=O) groups is 1. The molecule has 104 valence electrons. The van der Waals surface area contributed by atoms with E-state index in [4.69, 9.17) is 0 Å². The number of nitrogens with zero attached hydrogens (tertiary/aromatic N) is 2. The lowest BCUT2D eigenvalue weighted by Crippen LogP contribution is -2.00. The summed E-state index contributed by atoms with van der Waals surface area (Å²) in [4.78, 5) is 11.6. The summed E-state index contributed by atoms with van der Waals surface area (Å²) in [7, 11) is 0. The van der Waals surface area contributed by atoms with Crippen LogP contribution in [-0.4, -0.2) is 15.6 Å². The van der Waals surface area contributed by atoms with Crippen molar-refractivity contribution in [3.8, 4) is 0 Å². The Bertz CT molecular complexity index is 623. The summed E-state index contributed by atoms with van der Waals surface area (Å²) >= 11 is 0. The highest BCUT2D eigenvalue weighted by atomic mass is 16.1. The Hall–Kier alpha value is -2.16. The number of hydrogen-bond donors (Lipinski definition) is 0. The Morgan fingerprint density at radius 1 is 1.20 bits per heavy atom. The van der Waals surface area contributed by atoms with Gasteiger partial charge < -0.3 is 0 Å². The van der Waals surface area contributed by atoms with Crippen molar-refractivity contribution in [1.29, 1.82) is 0 Å². The Kier molecular flexibility index (Phi) is 4.51. The number of benzene rings is 1. The first-order chi connectivity index (χ1) is 9.61. The molecule has 20 heavy (non-hydrogen) atoms. The van der Waals surface area contributed by atoms with Crippen molar-refractivity contribution >= 4 is 11.4 Å². The average molecular weight is 268 g/mol. The number of ketones is 1. The van der Waals surface area contributed by atoms with Crippen LogP contribution >= 0.6 is 0 Å². The minimum Gasteiger partial charge on any atom is -0.295 e. The van der Waals surface area contributed by atoms with Gasteiger partial charge in [0.1, 0.15) is 0 Å². The van der Waals surface area contributed by atoms with Crippen molar-refractivity contribution in [2.45, 2.75) is 33.7 Å². The number of carbonyl (C=O) groups excluding carboxylic acids is 1. The van der Waals surface area contributed by atoms with Crippen LogP contribution in [0, 0.1) is 0 Å². The first kappa shape index (κ1) is 14.3. The average Bonchev–Trinajstić information content (AvgIpc) is 2.88. The number of aromatic nitrogens is 2. The Morgan fingerprint density at radius 2 is 1.90 bits per heavy atom. The maximum absolute atomic E-state index is 11.6. The molecule has 3 heteroatoms. The van der Waals surface area contributed by atoms with Gasteiger partial charge >= 0.3 is 0 Å². The third-order valence-corrected chi connectivity index (χ3v) is 3.48. The largest absolute Gasteiger partial charge is 0.295 e. The maximum atomic E-state index is 11.6. The topological polar surface area (TPSA) is 34.9 Å². The van der Waals surface area contributed by atoms with Crippen LogP contribution in [0.2, 0.25) is 0 Å². The molecule has 0 saturated heterocycles. The highest BCUT2D eigenvalue weighted by Crippen LogP contribution is 2.20. The van der Waals surface area contributed by atoms with Crippen molar-refractivity contribution < 1.29 is 4.79 Å². The molecule has 0 unspecified atom stereocenters. The van der Waals surface area contributed by atoms with E-state index in [9.17, 15) is 4.79 Å². The molecule has 0 aliphatic carbocycles. The second-order valence-corrected chi connectivity index (χ2v) is 4.93. The van der Waals surface area contributed by atoms with Gasteiger partial charge in [0.2, 0.25) is 0 Å². The molecule has 3 nitrogen and oxygen atoms in total. The molecule has 2 aromatic rings. The molecule has 0 fully saturated rings. The van der Waals surface area contributed by atoms with E-state index in [2.05, 4.69) is 17.2 Å². The smallest absolute Gasteiger partial charge is 0.156 e. The van der Waals surface area contributed by atoms with Crippen LogP contribution in [-0.2, 0) is 11.3 Å². The van der Waals surface area contributed by atoms with Crippen LogP contribution in [0.25, 0.3) is 5.57 Å². The van der Waals surface area contributed by atoms with Crippen molar-refractivity contribution in [2.24, 2.45) is 0 Å². The summed E-state index contributed by atoms with van der Waals surface area (Å²) in [5.41, 5.74) is 4.14. The van der Waals surface area contributed by atoms with Crippen LogP contribution in [0.3, 0.4) is 0 Å². The summed E-state index contributed by atoms with van der Waals surface area (Å²) in [5.74, 6) is 0.140. The highest BCUT2D eigenvalue weighted by molar-refractivity contribution is 6.00. The molecule has 0 bridgehead atoms. The summed E-state index contributed by atoms with van der Waals surface area (Å²) in [5, 5.41) is 4.38. The van der Waals surface area contributed by atoms with Gasteiger partial charge in [-0.25, -0.2) is 0 Å². The van der Waals surface area contributed by atoms with E-state index in [0.717, 1.165) is 29.7 Å². The predicted octanol–water partition coefficient (Wildman–Crippen LogP) is 3.70. The molecule has 1 aromatic heterocycles. The molecule has 0 amide bonds. The summed E-state index contributed by atoms with van der Waals surface area (Å²) < 4.78 is 1.90. The van der Waals surface area contributed by atoms with E-state index in [-0.39, 0.29) is 5.78 Å². The van der Waals surface area contributed by atoms with Gasteiger partial charge in [0.25, 0.3) is 0 Å². The Labute approximate surface area is 119 Å². The number of hydrogen-bond acceptors (Lipinski definition) is 2. The van der Waals surface area contributed by atoms with Gasteiger partial charge in [-0.2, -0.15) is 5.10 Å².